The van der Waals surface area contributed by atoms with Crippen molar-refractivity contribution in [1.82, 2.24) is 4.68 Å². The van der Waals surface area contributed by atoms with Crippen LogP contribution in [0.5, 0.6) is 5.75 Å². The molecule has 33 heavy (non-hydrogen) atoms. The highest BCUT2D eigenvalue weighted by Crippen LogP contribution is 2.33. The Morgan fingerprint density at radius 1 is 1.15 bits per heavy atom. The van der Waals surface area contributed by atoms with E-state index in [-0.39, 0.29) is 12.5 Å². The number of carbonyl (C=O) groups is 1. The number of hydrogen-bond donors (Lipinski definition) is 1. The van der Waals surface area contributed by atoms with Crippen molar-refractivity contribution in [3.63, 3.8) is 0 Å². The fourth-order valence-electron chi connectivity index (χ4n) is 3.45. The van der Waals surface area contributed by atoms with E-state index in [1.165, 1.54) is 16.9 Å². The van der Waals surface area contributed by atoms with Gasteiger partial charge in [-0.05, 0) is 53.9 Å². The van der Waals surface area contributed by atoms with Crippen LogP contribution < -0.4 is 14.9 Å². The van der Waals surface area contributed by atoms with Gasteiger partial charge in [-0.3, -0.25) is 4.79 Å². The van der Waals surface area contributed by atoms with Crippen LogP contribution in [0, 0.1) is 0 Å². The number of aromatic nitrogens is 1. The van der Waals surface area contributed by atoms with Gasteiger partial charge in [0.2, 0.25) is 4.80 Å². The normalized spacial score (nSPS) is 13.9. The molecule has 1 aliphatic heterocycles. The summed E-state index contributed by atoms with van der Waals surface area (Å²) in [6.45, 7) is 4.36. The summed E-state index contributed by atoms with van der Waals surface area (Å²) in [6, 6.07) is 17.6. The summed E-state index contributed by atoms with van der Waals surface area (Å²) in [5.74, 6) is 1.57. The first-order valence-electron chi connectivity index (χ1n) is 10.6. The molecule has 7 nitrogen and oxygen atoms in total. The zero-order valence-electron chi connectivity index (χ0n) is 18.2. The molecule has 0 bridgehead atoms. The van der Waals surface area contributed by atoms with E-state index >= 15 is 0 Å². The highest BCUT2D eigenvalue weighted by molar-refractivity contribution is 7.07. The molecule has 5 rings (SSSR count). The highest BCUT2D eigenvalue weighted by Gasteiger charge is 2.18. The molecule has 0 saturated heterocycles. The van der Waals surface area contributed by atoms with Gasteiger partial charge in [0.15, 0.2) is 6.61 Å². The predicted octanol–water partition coefficient (Wildman–Crippen LogP) is 5.38. The number of benzene rings is 2. The lowest BCUT2D eigenvalue weighted by Crippen LogP contribution is -2.25. The minimum Gasteiger partial charge on any atom is -0.482 e. The molecular weight excluding hydrogens is 436 g/mol. The molecule has 2 aromatic heterocycles. The van der Waals surface area contributed by atoms with Crippen LogP contribution in [0.25, 0.3) is 11.3 Å². The van der Waals surface area contributed by atoms with E-state index in [0.717, 1.165) is 16.9 Å². The molecule has 4 aromatic rings. The Bertz CT molecular complexity index is 1380. The minimum atomic E-state index is -0.172. The Balaban J connectivity index is 1.59. The van der Waals surface area contributed by atoms with Gasteiger partial charge in [-0.1, -0.05) is 26.0 Å². The zero-order valence-corrected chi connectivity index (χ0v) is 19.0. The Morgan fingerprint density at radius 2 is 2.00 bits per heavy atom. The summed E-state index contributed by atoms with van der Waals surface area (Å²) in [4.78, 5) is 17.3. The van der Waals surface area contributed by atoms with Crippen LogP contribution in [-0.2, 0) is 4.79 Å². The number of furan rings is 1. The summed E-state index contributed by atoms with van der Waals surface area (Å²) in [5, 5.41) is 9.50. The Hall–Kier alpha value is -3.91. The summed E-state index contributed by atoms with van der Waals surface area (Å²) >= 11 is 1.48. The number of ether oxygens (including phenoxy) is 1. The molecule has 8 heteroatoms. The first-order chi connectivity index (χ1) is 16.1. The second-order valence-electron chi connectivity index (χ2n) is 7.88. The van der Waals surface area contributed by atoms with Gasteiger partial charge >= 0.3 is 0 Å². The first-order valence-corrected chi connectivity index (χ1v) is 11.4. The fraction of sp³-hybridized carbons (Fsp3) is 0.160. The van der Waals surface area contributed by atoms with Crippen molar-refractivity contribution in [1.29, 1.82) is 0 Å². The monoisotopic (exact) mass is 458 g/mol. The van der Waals surface area contributed by atoms with Gasteiger partial charge in [-0.2, -0.15) is 5.10 Å². The van der Waals surface area contributed by atoms with Gasteiger partial charge in [-0.25, -0.2) is 9.67 Å². The van der Waals surface area contributed by atoms with Crippen molar-refractivity contribution in [3.05, 3.63) is 82.4 Å². The molecule has 0 fully saturated rings. The van der Waals surface area contributed by atoms with Gasteiger partial charge in [-0.15, -0.1) is 11.3 Å². The van der Waals surface area contributed by atoms with Crippen molar-refractivity contribution in [2.24, 2.45) is 10.1 Å². The van der Waals surface area contributed by atoms with Crippen LogP contribution in [0.2, 0.25) is 0 Å². The number of hydrogen-bond acceptors (Lipinski definition) is 6. The number of rotatable bonds is 5. The average Bonchev–Trinajstić information content (AvgIpc) is 3.47. The summed E-state index contributed by atoms with van der Waals surface area (Å²) in [5.41, 5.74) is 4.47. The lowest BCUT2D eigenvalue weighted by molar-refractivity contribution is -0.118. The summed E-state index contributed by atoms with van der Waals surface area (Å²) in [7, 11) is 0. The van der Waals surface area contributed by atoms with Crippen molar-refractivity contribution >= 4 is 34.8 Å². The quantitative estimate of drug-likeness (QED) is 0.408. The maximum absolute atomic E-state index is 11.8. The SMILES string of the molecule is CC(C)c1ccc(N=c2scc(-c3ccc4c(c3)NC(=O)CO4)n2N=Cc2ccco2)cc1. The van der Waals surface area contributed by atoms with E-state index < -0.39 is 0 Å². The molecule has 2 aromatic carbocycles. The third-order valence-electron chi connectivity index (χ3n) is 5.22. The van der Waals surface area contributed by atoms with E-state index in [0.29, 0.717) is 27.9 Å². The summed E-state index contributed by atoms with van der Waals surface area (Å²) in [6.07, 6.45) is 3.26. The molecule has 1 N–H and O–H groups in total. The van der Waals surface area contributed by atoms with Gasteiger partial charge in [0.05, 0.1) is 29.5 Å². The predicted molar refractivity (Wildman–Crippen MR) is 129 cm³/mol. The fourth-order valence-corrected chi connectivity index (χ4v) is 4.31. The summed E-state index contributed by atoms with van der Waals surface area (Å²) < 4.78 is 12.7. The number of anilines is 1. The molecule has 1 amide bonds. The van der Waals surface area contributed by atoms with Crippen molar-refractivity contribution in [2.45, 2.75) is 19.8 Å². The molecular formula is C25H22N4O3S. The topological polar surface area (TPSA) is 81.1 Å². The van der Waals surface area contributed by atoms with Crippen molar-refractivity contribution in [3.8, 4) is 17.0 Å². The van der Waals surface area contributed by atoms with Crippen LogP contribution in [0.1, 0.15) is 31.1 Å². The molecule has 0 aliphatic carbocycles. The van der Waals surface area contributed by atoms with Gasteiger partial charge < -0.3 is 14.5 Å². The van der Waals surface area contributed by atoms with Crippen molar-refractivity contribution in [2.75, 3.05) is 11.9 Å². The molecule has 1 aliphatic rings. The molecule has 0 unspecified atom stereocenters. The molecule has 166 valence electrons. The number of amides is 1. The Kier molecular flexibility index (Phi) is 5.66. The van der Waals surface area contributed by atoms with Crippen LogP contribution in [-0.4, -0.2) is 23.4 Å². The zero-order chi connectivity index (χ0) is 22.8. The second-order valence-corrected chi connectivity index (χ2v) is 8.72. The third-order valence-corrected chi connectivity index (χ3v) is 6.04. The lowest BCUT2D eigenvalue weighted by atomic mass is 10.0. The second kappa shape index (κ2) is 8.91. The molecule has 3 heterocycles. The maximum Gasteiger partial charge on any atom is 0.262 e. The molecule has 0 spiro atoms. The number of carbonyl (C=O) groups excluding carboxylic acids is 1. The van der Waals surface area contributed by atoms with E-state index in [2.05, 4.69) is 36.4 Å². The number of nitrogens with zero attached hydrogens (tertiary/aromatic N) is 3. The van der Waals surface area contributed by atoms with E-state index in [4.69, 9.17) is 14.1 Å². The van der Waals surface area contributed by atoms with Gasteiger partial charge in [0.1, 0.15) is 11.5 Å². The third kappa shape index (κ3) is 4.51. The largest absolute Gasteiger partial charge is 0.482 e. The Morgan fingerprint density at radius 3 is 2.76 bits per heavy atom. The van der Waals surface area contributed by atoms with Crippen LogP contribution in [0.15, 0.2) is 80.8 Å². The van der Waals surface area contributed by atoms with E-state index in [1.54, 1.807) is 17.2 Å². The van der Waals surface area contributed by atoms with Crippen molar-refractivity contribution < 1.29 is 13.9 Å². The van der Waals surface area contributed by atoms with E-state index in [1.807, 2.05) is 47.8 Å². The standard InChI is InChI=1S/C25H22N4O3S/c1-16(2)17-5-8-19(9-6-17)27-25-29(26-13-20-4-3-11-31-20)22(15-33-25)18-7-10-23-21(12-18)28-24(30)14-32-23/h3-13,15-16H,14H2,1-2H3,(H,28,30). The number of nitrogens with one attached hydrogen (secondary N) is 1. The van der Waals surface area contributed by atoms with Crippen LogP contribution in [0.4, 0.5) is 11.4 Å². The number of thiazole rings is 1. The van der Waals surface area contributed by atoms with Crippen LogP contribution in [0.3, 0.4) is 0 Å². The molecule has 0 radical (unpaired) electrons. The molecule has 0 atom stereocenters. The van der Waals surface area contributed by atoms with Crippen LogP contribution >= 0.6 is 11.3 Å². The number of fused-ring (bicyclic) bond motifs is 1. The van der Waals surface area contributed by atoms with Gasteiger partial charge in [0, 0.05) is 10.9 Å². The van der Waals surface area contributed by atoms with Gasteiger partial charge in [0.25, 0.3) is 5.91 Å². The highest BCUT2D eigenvalue weighted by atomic mass is 32.1. The first kappa shape index (κ1) is 21.0. The minimum absolute atomic E-state index is 0.0247. The average molecular weight is 459 g/mol. The maximum atomic E-state index is 11.8. The molecule has 0 saturated carbocycles. The Labute approximate surface area is 194 Å². The smallest absolute Gasteiger partial charge is 0.262 e. The van der Waals surface area contributed by atoms with E-state index in [9.17, 15) is 4.79 Å². The lowest BCUT2D eigenvalue weighted by Gasteiger charge is -2.18.